The lowest BCUT2D eigenvalue weighted by atomic mass is 10.1. The first-order valence-corrected chi connectivity index (χ1v) is 4.93. The maximum Gasteiger partial charge on any atom is 0.186 e. The molecule has 0 amide bonds. The van der Waals surface area contributed by atoms with Crippen LogP contribution in [0, 0.1) is 0 Å². The molecule has 0 saturated carbocycles. The van der Waals surface area contributed by atoms with Crippen LogP contribution < -0.4 is 5.73 Å². The summed E-state index contributed by atoms with van der Waals surface area (Å²) in [7, 11) is 0. The molecule has 2 aromatic rings. The molecule has 3 heterocycles. The van der Waals surface area contributed by atoms with E-state index in [9.17, 15) is 0 Å². The standard InChI is InChI=1S/C9H10N6O/c1-4-2-5(15-16-4)7-6-8(10)11-3-12-9(6)14-13-7/h3-4H,2H2,1H3,(H3,10,11,12,13,14). The van der Waals surface area contributed by atoms with E-state index in [1.54, 1.807) is 0 Å². The van der Waals surface area contributed by atoms with Crippen molar-refractivity contribution in [1.82, 2.24) is 20.2 Å². The van der Waals surface area contributed by atoms with Crippen molar-refractivity contribution in [1.29, 1.82) is 0 Å². The molecule has 0 aromatic carbocycles. The number of oxime groups is 1. The van der Waals surface area contributed by atoms with Crippen LogP contribution in [0.25, 0.3) is 11.0 Å². The van der Waals surface area contributed by atoms with Crippen LogP contribution in [-0.4, -0.2) is 32.0 Å². The Morgan fingerprint density at radius 3 is 3.12 bits per heavy atom. The van der Waals surface area contributed by atoms with Gasteiger partial charge in [0, 0.05) is 6.42 Å². The van der Waals surface area contributed by atoms with Gasteiger partial charge in [0.05, 0.1) is 11.1 Å². The first-order valence-electron chi connectivity index (χ1n) is 4.93. The summed E-state index contributed by atoms with van der Waals surface area (Å²) in [5.41, 5.74) is 7.89. The number of hydrogen-bond donors (Lipinski definition) is 2. The van der Waals surface area contributed by atoms with Gasteiger partial charge in [0.1, 0.15) is 24.0 Å². The first kappa shape index (κ1) is 9.08. The van der Waals surface area contributed by atoms with Crippen molar-refractivity contribution in [2.75, 3.05) is 5.73 Å². The van der Waals surface area contributed by atoms with Crippen LogP contribution in [0.15, 0.2) is 11.5 Å². The molecule has 82 valence electrons. The zero-order valence-electron chi connectivity index (χ0n) is 8.64. The fraction of sp³-hybridized carbons (Fsp3) is 0.333. The molecule has 7 heteroatoms. The Kier molecular flexibility index (Phi) is 1.79. The molecule has 3 rings (SSSR count). The molecule has 0 bridgehead atoms. The highest BCUT2D eigenvalue weighted by molar-refractivity contribution is 6.11. The average Bonchev–Trinajstić information content (AvgIpc) is 2.84. The van der Waals surface area contributed by atoms with Crippen molar-refractivity contribution in [2.45, 2.75) is 19.4 Å². The Morgan fingerprint density at radius 2 is 2.38 bits per heavy atom. The van der Waals surface area contributed by atoms with Crippen LogP contribution >= 0.6 is 0 Å². The summed E-state index contributed by atoms with van der Waals surface area (Å²) in [5, 5.41) is 11.6. The monoisotopic (exact) mass is 218 g/mol. The van der Waals surface area contributed by atoms with Gasteiger partial charge < -0.3 is 10.6 Å². The molecule has 16 heavy (non-hydrogen) atoms. The minimum atomic E-state index is 0.0826. The van der Waals surface area contributed by atoms with Crippen LogP contribution in [0.3, 0.4) is 0 Å². The molecule has 0 saturated heterocycles. The Hall–Kier alpha value is -2.18. The molecule has 0 radical (unpaired) electrons. The van der Waals surface area contributed by atoms with Gasteiger partial charge >= 0.3 is 0 Å². The molecular formula is C9H10N6O. The second-order valence-corrected chi connectivity index (χ2v) is 3.71. The first-order chi connectivity index (χ1) is 7.75. The third kappa shape index (κ3) is 1.21. The highest BCUT2D eigenvalue weighted by Crippen LogP contribution is 2.23. The second-order valence-electron chi connectivity index (χ2n) is 3.71. The lowest BCUT2D eigenvalue weighted by molar-refractivity contribution is 0.0995. The molecule has 0 fully saturated rings. The number of fused-ring (bicyclic) bond motifs is 1. The van der Waals surface area contributed by atoms with Crippen LogP contribution in [0.2, 0.25) is 0 Å². The zero-order valence-corrected chi connectivity index (χ0v) is 8.64. The van der Waals surface area contributed by atoms with Crippen molar-refractivity contribution in [3.63, 3.8) is 0 Å². The number of rotatable bonds is 1. The molecule has 1 atom stereocenters. The van der Waals surface area contributed by atoms with Gasteiger partial charge in [-0.25, -0.2) is 9.97 Å². The largest absolute Gasteiger partial charge is 0.392 e. The third-order valence-electron chi connectivity index (χ3n) is 2.49. The molecular weight excluding hydrogens is 208 g/mol. The number of nitrogens with zero attached hydrogens (tertiary/aromatic N) is 4. The number of nitrogen functional groups attached to an aromatic ring is 1. The average molecular weight is 218 g/mol. The van der Waals surface area contributed by atoms with Crippen LogP contribution in [-0.2, 0) is 4.84 Å². The van der Waals surface area contributed by atoms with Gasteiger partial charge in [0.2, 0.25) is 0 Å². The maximum atomic E-state index is 5.80. The van der Waals surface area contributed by atoms with Gasteiger partial charge in [-0.1, -0.05) is 5.16 Å². The lowest BCUT2D eigenvalue weighted by Gasteiger charge is -1.98. The Bertz CT molecular complexity index is 574. The van der Waals surface area contributed by atoms with Crippen LogP contribution in [0.1, 0.15) is 19.0 Å². The predicted molar refractivity (Wildman–Crippen MR) is 57.8 cm³/mol. The van der Waals surface area contributed by atoms with Crippen LogP contribution in [0.4, 0.5) is 5.82 Å². The Morgan fingerprint density at radius 1 is 1.50 bits per heavy atom. The minimum Gasteiger partial charge on any atom is -0.392 e. The van der Waals surface area contributed by atoms with Crippen molar-refractivity contribution < 1.29 is 4.84 Å². The molecule has 2 aromatic heterocycles. The zero-order chi connectivity index (χ0) is 11.1. The number of aromatic amines is 1. The molecule has 1 aliphatic heterocycles. The SMILES string of the molecule is CC1CC(c2[nH]nc3ncnc(N)c23)=NO1. The Balaban J connectivity index is 2.18. The number of hydrogen-bond acceptors (Lipinski definition) is 6. The van der Waals surface area contributed by atoms with E-state index in [2.05, 4.69) is 25.3 Å². The number of anilines is 1. The van der Waals surface area contributed by atoms with E-state index in [1.807, 2.05) is 6.92 Å². The van der Waals surface area contributed by atoms with Gasteiger partial charge in [0.25, 0.3) is 0 Å². The van der Waals surface area contributed by atoms with Gasteiger partial charge in [-0.3, -0.25) is 5.10 Å². The van der Waals surface area contributed by atoms with Crippen molar-refractivity contribution >= 4 is 22.6 Å². The summed E-state index contributed by atoms with van der Waals surface area (Å²) < 4.78 is 0. The summed E-state index contributed by atoms with van der Waals surface area (Å²) in [5.74, 6) is 0.399. The topological polar surface area (TPSA) is 102 Å². The van der Waals surface area contributed by atoms with E-state index < -0.39 is 0 Å². The van der Waals surface area contributed by atoms with E-state index in [4.69, 9.17) is 10.6 Å². The second kappa shape index (κ2) is 3.16. The van der Waals surface area contributed by atoms with Crippen molar-refractivity contribution in [2.24, 2.45) is 5.16 Å². The van der Waals surface area contributed by atoms with E-state index in [-0.39, 0.29) is 6.10 Å². The summed E-state index contributed by atoms with van der Waals surface area (Å²) in [4.78, 5) is 13.1. The highest BCUT2D eigenvalue weighted by atomic mass is 16.6. The highest BCUT2D eigenvalue weighted by Gasteiger charge is 2.23. The van der Waals surface area contributed by atoms with E-state index in [0.29, 0.717) is 16.9 Å². The quantitative estimate of drug-likeness (QED) is 0.723. The number of nitrogens with two attached hydrogens (primary N) is 1. The third-order valence-corrected chi connectivity index (χ3v) is 2.49. The number of nitrogens with one attached hydrogen (secondary N) is 1. The van der Waals surface area contributed by atoms with Crippen molar-refractivity contribution in [3.05, 3.63) is 12.0 Å². The summed E-state index contributed by atoms with van der Waals surface area (Å²) in [6, 6.07) is 0. The normalized spacial score (nSPS) is 19.8. The number of aromatic nitrogens is 4. The fourth-order valence-electron chi connectivity index (χ4n) is 1.74. The molecule has 0 spiro atoms. The molecule has 1 unspecified atom stereocenters. The fourth-order valence-corrected chi connectivity index (χ4v) is 1.74. The lowest BCUT2D eigenvalue weighted by Crippen LogP contribution is -2.05. The van der Waals surface area contributed by atoms with Crippen LogP contribution in [0.5, 0.6) is 0 Å². The molecule has 1 aliphatic rings. The molecule has 3 N–H and O–H groups in total. The summed E-state index contributed by atoms with van der Waals surface area (Å²) in [6.45, 7) is 1.95. The van der Waals surface area contributed by atoms with Gasteiger partial charge in [-0.15, -0.1) is 0 Å². The minimum absolute atomic E-state index is 0.0826. The molecule has 7 nitrogen and oxygen atoms in total. The smallest absolute Gasteiger partial charge is 0.186 e. The maximum absolute atomic E-state index is 5.80. The summed E-state index contributed by atoms with van der Waals surface area (Å²) >= 11 is 0. The van der Waals surface area contributed by atoms with Crippen molar-refractivity contribution in [3.8, 4) is 0 Å². The van der Waals surface area contributed by atoms with E-state index in [0.717, 1.165) is 17.8 Å². The predicted octanol–water partition coefficient (Wildman–Crippen LogP) is 0.448. The van der Waals surface area contributed by atoms with Gasteiger partial charge in [-0.2, -0.15) is 5.10 Å². The van der Waals surface area contributed by atoms with Gasteiger partial charge in [0.15, 0.2) is 5.65 Å². The summed E-state index contributed by atoms with van der Waals surface area (Å²) in [6.07, 6.45) is 2.20. The number of H-pyrrole nitrogens is 1. The van der Waals surface area contributed by atoms with Gasteiger partial charge in [-0.05, 0) is 6.92 Å². The molecule has 0 aliphatic carbocycles. The van der Waals surface area contributed by atoms with E-state index in [1.165, 1.54) is 6.33 Å². The Labute approximate surface area is 90.7 Å². The van der Waals surface area contributed by atoms with E-state index >= 15 is 0 Å².